The maximum atomic E-state index is 5.43. The third kappa shape index (κ3) is 3.78. The fourth-order valence-corrected chi connectivity index (χ4v) is 2.34. The van der Waals surface area contributed by atoms with E-state index >= 15 is 0 Å². The Morgan fingerprint density at radius 3 is 2.94 bits per heavy atom. The normalized spacial score (nSPS) is 21.0. The van der Waals surface area contributed by atoms with E-state index in [1.54, 1.807) is 0 Å². The Balaban J connectivity index is 1.83. The third-order valence-electron chi connectivity index (χ3n) is 3.29. The van der Waals surface area contributed by atoms with Gasteiger partial charge in [-0.05, 0) is 38.4 Å². The Kier molecular flexibility index (Phi) is 4.50. The molecule has 1 aromatic heterocycles. The van der Waals surface area contributed by atoms with Crippen LogP contribution in [0, 0.1) is 12.8 Å². The van der Waals surface area contributed by atoms with Gasteiger partial charge in [0.1, 0.15) is 0 Å². The van der Waals surface area contributed by atoms with Crippen LogP contribution >= 0.6 is 0 Å². The van der Waals surface area contributed by atoms with Gasteiger partial charge in [-0.15, -0.1) is 10.2 Å². The van der Waals surface area contributed by atoms with Crippen LogP contribution in [0.1, 0.15) is 31.5 Å². The van der Waals surface area contributed by atoms with Gasteiger partial charge in [-0.2, -0.15) is 0 Å². The molecule has 1 unspecified atom stereocenters. The molecule has 0 spiro atoms. The minimum atomic E-state index is 0.649. The third-order valence-corrected chi connectivity index (χ3v) is 3.29. The largest absolute Gasteiger partial charge is 0.424 e. The van der Waals surface area contributed by atoms with E-state index in [0.717, 1.165) is 38.0 Å². The summed E-state index contributed by atoms with van der Waals surface area (Å²) in [6.45, 7) is 9.23. The highest BCUT2D eigenvalue weighted by Crippen LogP contribution is 2.13. The SMILES string of the molecule is CCN(Cc1nnc(C)o1)CC1CCCNC1. The first-order valence-corrected chi connectivity index (χ1v) is 6.50. The first-order valence-electron chi connectivity index (χ1n) is 6.50. The second-order valence-electron chi connectivity index (χ2n) is 4.75. The summed E-state index contributed by atoms with van der Waals surface area (Å²) in [5.74, 6) is 2.14. The molecule has 0 bridgehead atoms. The van der Waals surface area contributed by atoms with E-state index in [0.29, 0.717) is 5.89 Å². The lowest BCUT2D eigenvalue weighted by Crippen LogP contribution is -2.38. The number of hydrogen-bond donors (Lipinski definition) is 1. The molecular formula is C12H22N4O. The predicted octanol–water partition coefficient (Wildman–Crippen LogP) is 1.20. The number of rotatable bonds is 5. The van der Waals surface area contributed by atoms with E-state index in [1.807, 2.05) is 6.92 Å². The number of aromatic nitrogens is 2. The van der Waals surface area contributed by atoms with Crippen molar-refractivity contribution >= 4 is 0 Å². The summed E-state index contributed by atoms with van der Waals surface area (Å²) in [4.78, 5) is 2.38. The maximum absolute atomic E-state index is 5.43. The average molecular weight is 238 g/mol. The summed E-state index contributed by atoms with van der Waals surface area (Å²) < 4.78 is 5.43. The van der Waals surface area contributed by atoms with Crippen LogP contribution in [0.2, 0.25) is 0 Å². The molecule has 5 heteroatoms. The molecule has 1 aromatic rings. The van der Waals surface area contributed by atoms with Crippen LogP contribution in [0.25, 0.3) is 0 Å². The molecule has 1 atom stereocenters. The van der Waals surface area contributed by atoms with Crippen LogP contribution in [-0.2, 0) is 6.54 Å². The fraction of sp³-hybridized carbons (Fsp3) is 0.833. The summed E-state index contributed by atoms with van der Waals surface area (Å²) in [6.07, 6.45) is 2.62. The Hall–Kier alpha value is -0.940. The van der Waals surface area contributed by atoms with Crippen molar-refractivity contribution in [3.8, 4) is 0 Å². The van der Waals surface area contributed by atoms with Crippen LogP contribution in [0.15, 0.2) is 4.42 Å². The molecular weight excluding hydrogens is 216 g/mol. The second-order valence-corrected chi connectivity index (χ2v) is 4.75. The highest BCUT2D eigenvalue weighted by atomic mass is 16.4. The highest BCUT2D eigenvalue weighted by Gasteiger charge is 2.17. The van der Waals surface area contributed by atoms with Gasteiger partial charge in [-0.3, -0.25) is 4.90 Å². The zero-order chi connectivity index (χ0) is 12.1. The topological polar surface area (TPSA) is 54.2 Å². The maximum Gasteiger partial charge on any atom is 0.230 e. The first kappa shape index (κ1) is 12.5. The van der Waals surface area contributed by atoms with Gasteiger partial charge in [-0.25, -0.2) is 0 Å². The Morgan fingerprint density at radius 2 is 2.35 bits per heavy atom. The molecule has 1 aliphatic rings. The van der Waals surface area contributed by atoms with Gasteiger partial charge >= 0.3 is 0 Å². The monoisotopic (exact) mass is 238 g/mol. The van der Waals surface area contributed by atoms with E-state index in [-0.39, 0.29) is 0 Å². The van der Waals surface area contributed by atoms with Crippen molar-refractivity contribution in [3.05, 3.63) is 11.8 Å². The molecule has 17 heavy (non-hydrogen) atoms. The van der Waals surface area contributed by atoms with Crippen molar-refractivity contribution in [2.45, 2.75) is 33.2 Å². The van der Waals surface area contributed by atoms with E-state index in [4.69, 9.17) is 4.42 Å². The van der Waals surface area contributed by atoms with Crippen molar-refractivity contribution in [1.82, 2.24) is 20.4 Å². The van der Waals surface area contributed by atoms with Gasteiger partial charge in [0.05, 0.1) is 6.54 Å². The summed E-state index contributed by atoms with van der Waals surface area (Å²) >= 11 is 0. The van der Waals surface area contributed by atoms with Crippen molar-refractivity contribution in [3.63, 3.8) is 0 Å². The molecule has 1 fully saturated rings. The zero-order valence-electron chi connectivity index (χ0n) is 10.8. The zero-order valence-corrected chi connectivity index (χ0v) is 10.8. The Morgan fingerprint density at radius 1 is 1.47 bits per heavy atom. The summed E-state index contributed by atoms with van der Waals surface area (Å²) in [7, 11) is 0. The molecule has 0 aliphatic carbocycles. The van der Waals surface area contributed by atoms with E-state index in [9.17, 15) is 0 Å². The van der Waals surface area contributed by atoms with Gasteiger partial charge in [-0.1, -0.05) is 6.92 Å². The van der Waals surface area contributed by atoms with Crippen molar-refractivity contribution in [1.29, 1.82) is 0 Å². The van der Waals surface area contributed by atoms with E-state index < -0.39 is 0 Å². The standard InChI is InChI=1S/C12H22N4O/c1-3-16(8-11-5-4-6-13-7-11)9-12-15-14-10(2)17-12/h11,13H,3-9H2,1-2H3. The summed E-state index contributed by atoms with van der Waals surface area (Å²) in [5.41, 5.74) is 0. The second kappa shape index (κ2) is 6.12. The van der Waals surface area contributed by atoms with Crippen LogP contribution in [-0.4, -0.2) is 41.3 Å². The van der Waals surface area contributed by atoms with Gasteiger partial charge in [0.15, 0.2) is 0 Å². The number of piperidine rings is 1. The fourth-order valence-electron chi connectivity index (χ4n) is 2.34. The lowest BCUT2D eigenvalue weighted by Gasteiger charge is -2.28. The minimum Gasteiger partial charge on any atom is -0.424 e. The number of hydrogen-bond acceptors (Lipinski definition) is 5. The molecule has 1 aliphatic heterocycles. The molecule has 2 rings (SSSR count). The molecule has 96 valence electrons. The number of aryl methyl sites for hydroxylation is 1. The van der Waals surface area contributed by atoms with Crippen LogP contribution in [0.3, 0.4) is 0 Å². The van der Waals surface area contributed by atoms with Crippen LogP contribution in [0.5, 0.6) is 0 Å². The molecule has 0 aromatic carbocycles. The molecule has 5 nitrogen and oxygen atoms in total. The Labute approximate surface area is 103 Å². The lowest BCUT2D eigenvalue weighted by atomic mass is 9.99. The van der Waals surface area contributed by atoms with Crippen LogP contribution in [0.4, 0.5) is 0 Å². The first-order chi connectivity index (χ1) is 8.28. The van der Waals surface area contributed by atoms with Crippen LogP contribution < -0.4 is 5.32 Å². The Bertz CT molecular complexity index is 333. The van der Waals surface area contributed by atoms with Gasteiger partial charge in [0.2, 0.25) is 11.8 Å². The molecule has 0 amide bonds. The average Bonchev–Trinajstić information content (AvgIpc) is 2.75. The molecule has 2 heterocycles. The quantitative estimate of drug-likeness (QED) is 0.835. The van der Waals surface area contributed by atoms with Crippen molar-refractivity contribution in [2.24, 2.45) is 5.92 Å². The van der Waals surface area contributed by atoms with E-state index in [2.05, 4.69) is 27.3 Å². The van der Waals surface area contributed by atoms with Gasteiger partial charge in [0.25, 0.3) is 0 Å². The number of nitrogens with one attached hydrogen (secondary N) is 1. The lowest BCUT2D eigenvalue weighted by molar-refractivity contribution is 0.193. The van der Waals surface area contributed by atoms with Crippen molar-refractivity contribution < 1.29 is 4.42 Å². The van der Waals surface area contributed by atoms with Gasteiger partial charge in [0, 0.05) is 13.5 Å². The predicted molar refractivity (Wildman–Crippen MR) is 65.6 cm³/mol. The van der Waals surface area contributed by atoms with E-state index in [1.165, 1.54) is 19.4 Å². The molecule has 0 radical (unpaired) electrons. The van der Waals surface area contributed by atoms with Gasteiger partial charge < -0.3 is 9.73 Å². The molecule has 0 saturated carbocycles. The summed E-state index contributed by atoms with van der Waals surface area (Å²) in [6, 6.07) is 0. The minimum absolute atomic E-state index is 0.649. The highest BCUT2D eigenvalue weighted by molar-refractivity contribution is 4.80. The summed E-state index contributed by atoms with van der Waals surface area (Å²) in [5, 5.41) is 11.4. The van der Waals surface area contributed by atoms with Crippen molar-refractivity contribution in [2.75, 3.05) is 26.2 Å². The number of nitrogens with zero attached hydrogens (tertiary/aromatic N) is 3. The smallest absolute Gasteiger partial charge is 0.230 e. The molecule has 1 N–H and O–H groups in total. The molecule has 1 saturated heterocycles.